The van der Waals surface area contributed by atoms with E-state index in [1.54, 1.807) is 19.1 Å². The third kappa shape index (κ3) is 6.52. The molecule has 0 spiro atoms. The molecule has 11 nitrogen and oxygen atoms in total. The smallest absolute Gasteiger partial charge is 0.390 e. The van der Waals surface area contributed by atoms with Crippen LogP contribution in [0.4, 0.5) is 24.8 Å². The molecule has 2 unspecified atom stereocenters. The van der Waals surface area contributed by atoms with Gasteiger partial charge in [-0.25, -0.2) is 23.4 Å². The van der Waals surface area contributed by atoms with Crippen molar-refractivity contribution in [1.29, 1.82) is 0 Å². The van der Waals surface area contributed by atoms with Crippen molar-refractivity contribution in [2.75, 3.05) is 18.5 Å². The first-order chi connectivity index (χ1) is 20.4. The van der Waals surface area contributed by atoms with Crippen LogP contribution >= 0.6 is 0 Å². The van der Waals surface area contributed by atoms with E-state index >= 15 is 0 Å². The summed E-state index contributed by atoms with van der Waals surface area (Å²) < 4.78 is 71.0. The number of piperidine rings is 1. The first-order valence-electron chi connectivity index (χ1n) is 13.9. The summed E-state index contributed by atoms with van der Waals surface area (Å²) in [4.78, 5) is 13.2. The summed E-state index contributed by atoms with van der Waals surface area (Å²) in [6.07, 6.45) is 1.67. The fourth-order valence-corrected chi connectivity index (χ4v) is 6.76. The number of hydrogen-bond acceptors (Lipinski definition) is 10. The lowest BCUT2D eigenvalue weighted by Crippen LogP contribution is -2.41. The topological polar surface area (TPSA) is 144 Å². The van der Waals surface area contributed by atoms with Gasteiger partial charge >= 0.3 is 6.18 Å². The quantitative estimate of drug-likeness (QED) is 0.353. The minimum Gasteiger partial charge on any atom is -0.390 e. The van der Waals surface area contributed by atoms with E-state index in [0.717, 1.165) is 4.09 Å². The molecular formula is C28H30F3N7O4S. The predicted molar refractivity (Wildman–Crippen MR) is 149 cm³/mol. The van der Waals surface area contributed by atoms with Crippen LogP contribution in [0.1, 0.15) is 56.2 Å². The molecule has 0 bridgehead atoms. The molecular weight excluding hydrogens is 587 g/mol. The summed E-state index contributed by atoms with van der Waals surface area (Å²) in [6.45, 7) is 2.28. The minimum absolute atomic E-state index is 0.0113. The van der Waals surface area contributed by atoms with E-state index in [4.69, 9.17) is 4.74 Å². The first-order valence-corrected chi connectivity index (χ1v) is 15.4. The van der Waals surface area contributed by atoms with Gasteiger partial charge in [0.25, 0.3) is 10.0 Å². The molecule has 1 aliphatic carbocycles. The summed E-state index contributed by atoms with van der Waals surface area (Å²) in [5.41, 5.74) is 0.611. The number of halogens is 3. The molecule has 228 valence electrons. The van der Waals surface area contributed by atoms with Crippen LogP contribution < -0.4 is 10.6 Å². The highest BCUT2D eigenvalue weighted by Gasteiger charge is 2.48. The molecule has 3 aromatic rings. The van der Waals surface area contributed by atoms with Gasteiger partial charge in [-0.15, -0.1) is 0 Å². The van der Waals surface area contributed by atoms with Crippen LogP contribution in [0.15, 0.2) is 36.9 Å². The maximum Gasteiger partial charge on any atom is 0.415 e. The highest BCUT2D eigenvalue weighted by molar-refractivity contribution is 7.90. The zero-order chi connectivity index (χ0) is 30.4. The lowest BCUT2D eigenvalue weighted by atomic mass is 9.85. The van der Waals surface area contributed by atoms with E-state index in [1.165, 1.54) is 24.8 Å². The molecule has 0 aromatic carbocycles. The van der Waals surface area contributed by atoms with E-state index in [0.29, 0.717) is 60.6 Å². The van der Waals surface area contributed by atoms with Crippen molar-refractivity contribution in [3.8, 4) is 23.2 Å². The Kier molecular flexibility index (Phi) is 7.66. The van der Waals surface area contributed by atoms with Crippen molar-refractivity contribution in [3.05, 3.63) is 48.0 Å². The van der Waals surface area contributed by atoms with Gasteiger partial charge in [-0.1, -0.05) is 11.8 Å². The standard InChI is InChI=1S/C28H30F3N7O4S/c1-27(39)8-10-32-22(13-27)21-12-24(34-14-18(21)3-2-17-7-11-42-25(17)28(29,30)31)36-23-6-9-33-26(37-23)19-15-35-38(16-19)43(40,41)20-4-5-20/h6,9,12,14-17,20,22,25,32,39H,4-5,7-8,10-11,13H2,1H3,(H,33,34,36,37)/t17-,22?,25+,27?/m0/s1. The van der Waals surface area contributed by atoms with Crippen molar-refractivity contribution < 1.29 is 31.4 Å². The molecule has 1 saturated carbocycles. The lowest BCUT2D eigenvalue weighted by molar-refractivity contribution is -0.212. The van der Waals surface area contributed by atoms with Gasteiger partial charge < -0.3 is 20.5 Å². The summed E-state index contributed by atoms with van der Waals surface area (Å²) in [6, 6.07) is 3.03. The highest BCUT2D eigenvalue weighted by atomic mass is 32.2. The molecule has 3 N–H and O–H groups in total. The molecule has 5 heterocycles. The van der Waals surface area contributed by atoms with Gasteiger partial charge in [-0.3, -0.25) is 0 Å². The number of pyridine rings is 1. The van der Waals surface area contributed by atoms with Crippen LogP contribution in [-0.4, -0.2) is 73.9 Å². The largest absolute Gasteiger partial charge is 0.415 e. The van der Waals surface area contributed by atoms with Gasteiger partial charge in [0, 0.05) is 30.6 Å². The minimum atomic E-state index is -4.51. The average Bonchev–Trinajstić information content (AvgIpc) is 3.49. The molecule has 3 fully saturated rings. The number of alkyl halides is 3. The summed E-state index contributed by atoms with van der Waals surface area (Å²) in [7, 11) is -3.53. The highest BCUT2D eigenvalue weighted by Crippen LogP contribution is 2.36. The second-order valence-electron chi connectivity index (χ2n) is 11.3. The zero-order valence-electron chi connectivity index (χ0n) is 23.2. The van der Waals surface area contributed by atoms with Crippen molar-refractivity contribution in [1.82, 2.24) is 29.5 Å². The molecule has 3 aliphatic rings. The Hall–Kier alpha value is -3.58. The fourth-order valence-electron chi connectivity index (χ4n) is 5.29. The van der Waals surface area contributed by atoms with E-state index in [1.807, 2.05) is 0 Å². The van der Waals surface area contributed by atoms with Gasteiger partial charge in [-0.05, 0) is 63.3 Å². The van der Waals surface area contributed by atoms with Gasteiger partial charge in [0.2, 0.25) is 0 Å². The van der Waals surface area contributed by atoms with Gasteiger partial charge in [0.1, 0.15) is 11.6 Å². The first kappa shape index (κ1) is 29.5. The van der Waals surface area contributed by atoms with Crippen LogP contribution in [0.3, 0.4) is 0 Å². The summed E-state index contributed by atoms with van der Waals surface area (Å²) >= 11 is 0. The Morgan fingerprint density at radius 2 is 2.02 bits per heavy atom. The molecule has 2 aliphatic heterocycles. The molecule has 2 saturated heterocycles. The van der Waals surface area contributed by atoms with E-state index in [2.05, 4.69) is 42.5 Å². The molecule has 3 aromatic heterocycles. The number of aromatic nitrogens is 5. The van der Waals surface area contributed by atoms with Crippen LogP contribution in [0, 0.1) is 17.8 Å². The third-order valence-corrected chi connectivity index (χ3v) is 9.79. The van der Waals surface area contributed by atoms with E-state index in [-0.39, 0.29) is 24.9 Å². The van der Waals surface area contributed by atoms with E-state index in [9.17, 15) is 26.7 Å². The molecule has 15 heteroatoms. The number of hydrogen-bond donors (Lipinski definition) is 3. The van der Waals surface area contributed by atoms with Crippen LogP contribution in [0.25, 0.3) is 11.4 Å². The molecule has 0 radical (unpaired) electrons. The third-order valence-electron chi connectivity index (χ3n) is 7.75. The van der Waals surface area contributed by atoms with Crippen molar-refractivity contribution in [3.63, 3.8) is 0 Å². The van der Waals surface area contributed by atoms with E-state index < -0.39 is 39.1 Å². The SMILES string of the molecule is CC1(O)CCNC(c2cc(Nc3ccnc(-c4cnn(S(=O)(=O)C5CC5)c4)n3)ncc2C#C[C@H]2CCO[C@H]2C(F)(F)F)C1. The van der Waals surface area contributed by atoms with Gasteiger partial charge in [0.05, 0.1) is 34.7 Å². The average molecular weight is 618 g/mol. The van der Waals surface area contributed by atoms with Gasteiger partial charge in [-0.2, -0.15) is 22.4 Å². The predicted octanol–water partition coefficient (Wildman–Crippen LogP) is 3.31. The fraction of sp³-hybridized carbons (Fsp3) is 0.500. The Balaban J connectivity index is 1.27. The van der Waals surface area contributed by atoms with Crippen LogP contribution in [0.5, 0.6) is 0 Å². The Bertz CT molecular complexity index is 1680. The number of rotatable bonds is 6. The molecule has 0 amide bonds. The maximum atomic E-state index is 13.4. The number of nitrogens with one attached hydrogen (secondary N) is 2. The Labute approximate surface area is 246 Å². The monoisotopic (exact) mass is 617 g/mol. The van der Waals surface area contributed by atoms with Crippen molar-refractivity contribution in [2.45, 2.75) is 68.2 Å². The normalized spacial score (nSPS) is 26.1. The van der Waals surface area contributed by atoms with Crippen LogP contribution in [-0.2, 0) is 14.8 Å². The second-order valence-corrected chi connectivity index (χ2v) is 13.4. The maximum absolute atomic E-state index is 13.4. The van der Waals surface area contributed by atoms with Crippen molar-refractivity contribution >= 4 is 21.7 Å². The number of anilines is 2. The lowest BCUT2D eigenvalue weighted by Gasteiger charge is -2.35. The molecule has 43 heavy (non-hydrogen) atoms. The van der Waals surface area contributed by atoms with Crippen molar-refractivity contribution in [2.24, 2.45) is 5.92 Å². The van der Waals surface area contributed by atoms with Gasteiger partial charge in [0.15, 0.2) is 11.9 Å². The number of ether oxygens (including phenoxy) is 1. The van der Waals surface area contributed by atoms with Crippen LogP contribution in [0.2, 0.25) is 0 Å². The number of aliphatic hydroxyl groups is 1. The second kappa shape index (κ2) is 11.2. The summed E-state index contributed by atoms with van der Waals surface area (Å²) in [5, 5.41) is 20.8. The Morgan fingerprint density at radius 1 is 1.21 bits per heavy atom. The zero-order valence-corrected chi connectivity index (χ0v) is 24.0. The summed E-state index contributed by atoms with van der Waals surface area (Å²) in [5.74, 6) is 5.69. The molecule has 6 rings (SSSR count). The Morgan fingerprint density at radius 3 is 2.77 bits per heavy atom. The molecule has 4 atom stereocenters. The number of nitrogens with zero attached hydrogens (tertiary/aromatic N) is 5.